The van der Waals surface area contributed by atoms with Crippen LogP contribution in [-0.4, -0.2) is 38.3 Å². The maximum atomic E-state index is 13.0. The largest absolute Gasteiger partial charge is 0.376 e. The summed E-state index contributed by atoms with van der Waals surface area (Å²) >= 11 is 0. The van der Waals surface area contributed by atoms with Gasteiger partial charge in [-0.3, -0.25) is 4.79 Å². The molecule has 7 heteroatoms. The molecular formula is C24H31N3O3S. The molecule has 166 valence electrons. The zero-order chi connectivity index (χ0) is 21.7. The van der Waals surface area contributed by atoms with Crippen LogP contribution < -0.4 is 10.6 Å². The van der Waals surface area contributed by atoms with Gasteiger partial charge in [-0.1, -0.05) is 43.2 Å². The number of hydrogen-bond donors (Lipinski definition) is 2. The summed E-state index contributed by atoms with van der Waals surface area (Å²) in [5, 5.41) is 6.21. The Bertz CT molecular complexity index is 1010. The molecule has 1 fully saturated rings. The molecule has 0 saturated carbocycles. The van der Waals surface area contributed by atoms with Gasteiger partial charge in [0, 0.05) is 18.8 Å². The SMILES string of the molecule is O=C(CNc1cccc(S(=O)(=O)N2CCCCCC2)c1)N[C@H]1CCCc2ccccc21. The van der Waals surface area contributed by atoms with E-state index in [0.717, 1.165) is 44.9 Å². The number of nitrogens with zero attached hydrogens (tertiary/aromatic N) is 1. The maximum Gasteiger partial charge on any atom is 0.243 e. The molecule has 0 bridgehead atoms. The van der Waals surface area contributed by atoms with Gasteiger partial charge in [0.05, 0.1) is 17.5 Å². The van der Waals surface area contributed by atoms with E-state index in [-0.39, 0.29) is 23.4 Å². The first-order valence-electron chi connectivity index (χ1n) is 11.3. The quantitative estimate of drug-likeness (QED) is 0.714. The van der Waals surface area contributed by atoms with E-state index in [2.05, 4.69) is 22.8 Å². The zero-order valence-corrected chi connectivity index (χ0v) is 18.7. The average molecular weight is 442 g/mol. The first-order valence-corrected chi connectivity index (χ1v) is 12.7. The second-order valence-corrected chi connectivity index (χ2v) is 10.3. The van der Waals surface area contributed by atoms with Crippen LogP contribution in [0.1, 0.15) is 55.7 Å². The van der Waals surface area contributed by atoms with Crippen molar-refractivity contribution < 1.29 is 13.2 Å². The van der Waals surface area contributed by atoms with Gasteiger partial charge >= 0.3 is 0 Å². The van der Waals surface area contributed by atoms with E-state index >= 15 is 0 Å². The molecule has 1 heterocycles. The lowest BCUT2D eigenvalue weighted by molar-refractivity contribution is -0.120. The number of benzene rings is 2. The Balaban J connectivity index is 1.38. The highest BCUT2D eigenvalue weighted by Crippen LogP contribution is 2.29. The Morgan fingerprint density at radius 2 is 1.74 bits per heavy atom. The fraction of sp³-hybridized carbons (Fsp3) is 0.458. The van der Waals surface area contributed by atoms with Crippen molar-refractivity contribution >= 4 is 21.6 Å². The van der Waals surface area contributed by atoms with Crippen LogP contribution in [0.3, 0.4) is 0 Å². The Morgan fingerprint density at radius 3 is 2.55 bits per heavy atom. The van der Waals surface area contributed by atoms with Gasteiger partial charge in [0.25, 0.3) is 0 Å². The predicted molar refractivity (Wildman–Crippen MR) is 122 cm³/mol. The van der Waals surface area contributed by atoms with Crippen molar-refractivity contribution in [3.63, 3.8) is 0 Å². The van der Waals surface area contributed by atoms with Crippen molar-refractivity contribution in [1.29, 1.82) is 0 Å². The lowest BCUT2D eigenvalue weighted by Gasteiger charge is -2.26. The second-order valence-electron chi connectivity index (χ2n) is 8.41. The van der Waals surface area contributed by atoms with Crippen LogP contribution in [-0.2, 0) is 21.2 Å². The Kier molecular flexibility index (Phi) is 6.92. The third-order valence-corrected chi connectivity index (χ3v) is 8.09. The molecule has 4 rings (SSSR count). The van der Waals surface area contributed by atoms with E-state index in [1.165, 1.54) is 11.1 Å². The molecule has 6 nitrogen and oxygen atoms in total. The molecule has 1 aliphatic carbocycles. The number of aryl methyl sites for hydroxylation is 1. The van der Waals surface area contributed by atoms with Gasteiger partial charge in [-0.25, -0.2) is 8.42 Å². The topological polar surface area (TPSA) is 78.5 Å². The molecule has 0 aromatic heterocycles. The standard InChI is InChI=1S/C24H31N3O3S/c28-24(26-23-14-7-10-19-9-3-4-13-22(19)23)18-25-20-11-8-12-21(17-20)31(29,30)27-15-5-1-2-6-16-27/h3-4,8-9,11-13,17,23,25H,1-2,5-7,10,14-16,18H2,(H,26,28)/t23-/m0/s1. The molecule has 1 atom stereocenters. The van der Waals surface area contributed by atoms with Gasteiger partial charge in [-0.2, -0.15) is 4.31 Å². The van der Waals surface area contributed by atoms with Crippen molar-refractivity contribution in [2.75, 3.05) is 25.0 Å². The average Bonchev–Trinajstić information content (AvgIpc) is 3.08. The van der Waals surface area contributed by atoms with E-state index in [9.17, 15) is 13.2 Å². The molecule has 0 radical (unpaired) electrons. The van der Waals surface area contributed by atoms with Gasteiger partial charge in [-0.15, -0.1) is 0 Å². The number of rotatable bonds is 6. The molecule has 2 N–H and O–H groups in total. The molecule has 1 saturated heterocycles. The van der Waals surface area contributed by atoms with Crippen LogP contribution in [0.25, 0.3) is 0 Å². The van der Waals surface area contributed by atoms with Crippen molar-refractivity contribution in [2.45, 2.75) is 55.9 Å². The van der Waals surface area contributed by atoms with E-state index in [0.29, 0.717) is 18.8 Å². The number of sulfonamides is 1. The van der Waals surface area contributed by atoms with Crippen molar-refractivity contribution in [3.8, 4) is 0 Å². The summed E-state index contributed by atoms with van der Waals surface area (Å²) in [5.41, 5.74) is 3.14. The lowest BCUT2D eigenvalue weighted by Crippen LogP contribution is -2.35. The number of hydrogen-bond acceptors (Lipinski definition) is 4. The van der Waals surface area contributed by atoms with Gasteiger partial charge < -0.3 is 10.6 Å². The van der Waals surface area contributed by atoms with Crippen LogP contribution in [0.15, 0.2) is 53.4 Å². The van der Waals surface area contributed by atoms with Crippen LogP contribution in [0, 0.1) is 0 Å². The molecule has 0 spiro atoms. The second kappa shape index (κ2) is 9.83. The summed E-state index contributed by atoms with van der Waals surface area (Å²) in [7, 11) is -3.51. The summed E-state index contributed by atoms with van der Waals surface area (Å²) < 4.78 is 27.6. The summed E-state index contributed by atoms with van der Waals surface area (Å²) in [6.45, 7) is 1.25. The molecule has 2 aromatic carbocycles. The predicted octanol–water partition coefficient (Wildman–Crippen LogP) is 3.86. The smallest absolute Gasteiger partial charge is 0.243 e. The van der Waals surface area contributed by atoms with Crippen LogP contribution >= 0.6 is 0 Å². The van der Waals surface area contributed by atoms with E-state index in [1.54, 1.807) is 28.6 Å². The fourth-order valence-electron chi connectivity index (χ4n) is 4.53. The highest BCUT2D eigenvalue weighted by molar-refractivity contribution is 7.89. The maximum absolute atomic E-state index is 13.0. The molecule has 1 aliphatic heterocycles. The van der Waals surface area contributed by atoms with E-state index < -0.39 is 10.0 Å². The number of amides is 1. The fourth-order valence-corrected chi connectivity index (χ4v) is 6.09. The van der Waals surface area contributed by atoms with Crippen LogP contribution in [0.4, 0.5) is 5.69 Å². The van der Waals surface area contributed by atoms with E-state index in [4.69, 9.17) is 0 Å². The minimum absolute atomic E-state index is 0.0361. The van der Waals surface area contributed by atoms with Gasteiger partial charge in [-0.05, 0) is 61.4 Å². The monoisotopic (exact) mass is 441 g/mol. The molecule has 2 aromatic rings. The Hall–Kier alpha value is -2.38. The van der Waals surface area contributed by atoms with Crippen molar-refractivity contribution in [3.05, 3.63) is 59.7 Å². The zero-order valence-electron chi connectivity index (χ0n) is 17.8. The number of nitrogens with one attached hydrogen (secondary N) is 2. The lowest BCUT2D eigenvalue weighted by atomic mass is 9.88. The van der Waals surface area contributed by atoms with Crippen LogP contribution in [0.5, 0.6) is 0 Å². The third-order valence-electron chi connectivity index (χ3n) is 6.19. The van der Waals surface area contributed by atoms with Gasteiger partial charge in [0.2, 0.25) is 15.9 Å². The Labute approximate surface area is 185 Å². The highest BCUT2D eigenvalue weighted by Gasteiger charge is 2.25. The molecule has 1 amide bonds. The number of anilines is 1. The Morgan fingerprint density at radius 1 is 0.968 bits per heavy atom. The first-order chi connectivity index (χ1) is 15.0. The van der Waals surface area contributed by atoms with Gasteiger partial charge in [0.15, 0.2) is 0 Å². The summed E-state index contributed by atoms with van der Waals surface area (Å²) in [6.07, 6.45) is 7.02. The molecule has 2 aliphatic rings. The van der Waals surface area contributed by atoms with Gasteiger partial charge in [0.1, 0.15) is 0 Å². The molecular weight excluding hydrogens is 410 g/mol. The summed E-state index contributed by atoms with van der Waals surface area (Å²) in [4.78, 5) is 12.8. The summed E-state index contributed by atoms with van der Waals surface area (Å²) in [6, 6.07) is 15.1. The number of carbonyl (C=O) groups is 1. The number of fused-ring (bicyclic) bond motifs is 1. The molecule has 31 heavy (non-hydrogen) atoms. The van der Waals surface area contributed by atoms with E-state index in [1.807, 2.05) is 12.1 Å². The highest BCUT2D eigenvalue weighted by atomic mass is 32.2. The third kappa shape index (κ3) is 5.28. The minimum Gasteiger partial charge on any atom is -0.376 e. The summed E-state index contributed by atoms with van der Waals surface area (Å²) in [5.74, 6) is -0.0949. The number of carbonyl (C=O) groups excluding carboxylic acids is 1. The van der Waals surface area contributed by atoms with Crippen LogP contribution in [0.2, 0.25) is 0 Å². The van der Waals surface area contributed by atoms with Crippen molar-refractivity contribution in [1.82, 2.24) is 9.62 Å². The first kappa shape index (κ1) is 21.8. The minimum atomic E-state index is -3.51. The van der Waals surface area contributed by atoms with Crippen molar-refractivity contribution in [2.24, 2.45) is 0 Å². The normalized spacial score (nSPS) is 19.8. The molecule has 0 unspecified atom stereocenters.